The van der Waals surface area contributed by atoms with Crippen molar-refractivity contribution in [3.05, 3.63) is 69.5 Å². The Kier molecular flexibility index (Phi) is 4.08. The summed E-state index contributed by atoms with van der Waals surface area (Å²) in [6.45, 7) is 0. The van der Waals surface area contributed by atoms with E-state index in [1.54, 1.807) is 24.3 Å². The Morgan fingerprint density at radius 1 is 0.944 bits per heavy atom. The van der Waals surface area contributed by atoms with Gasteiger partial charge >= 0.3 is 0 Å². The lowest BCUT2D eigenvalue weighted by molar-refractivity contribution is 0.625. The van der Waals surface area contributed by atoms with E-state index in [-0.39, 0.29) is 0 Å². The maximum absolute atomic E-state index is 13.2. The van der Waals surface area contributed by atoms with E-state index in [1.807, 2.05) is 0 Å². The molecule has 0 nitrogen and oxygen atoms in total. The van der Waals surface area contributed by atoms with E-state index in [0.29, 0.717) is 21.2 Å². The predicted molar refractivity (Wildman–Crippen MR) is 75.3 cm³/mol. The molecule has 2 aromatic rings. The van der Waals surface area contributed by atoms with Crippen LogP contribution in [-0.2, 0) is 4.33 Å². The van der Waals surface area contributed by atoms with Crippen molar-refractivity contribution >= 4 is 46.4 Å². The van der Waals surface area contributed by atoms with Crippen LogP contribution in [0.5, 0.6) is 0 Å². The molecule has 2 aromatic carbocycles. The number of halogens is 5. The Labute approximate surface area is 124 Å². The van der Waals surface area contributed by atoms with E-state index in [1.165, 1.54) is 18.2 Å². The molecule has 0 fully saturated rings. The third kappa shape index (κ3) is 2.75. The molecule has 18 heavy (non-hydrogen) atoms. The smallest absolute Gasteiger partial charge is 0.169 e. The molecule has 5 heteroatoms. The molecule has 0 unspecified atom stereocenters. The first-order valence-corrected chi connectivity index (χ1v) is 6.52. The second-order valence-corrected chi connectivity index (χ2v) is 5.88. The standard InChI is InChI=1S/C13H7Cl4F/c14-9-4-5-12(15)11(7-9)13(16,17)8-2-1-3-10(18)6-8/h1-7H. The van der Waals surface area contributed by atoms with Gasteiger partial charge in [-0.3, -0.25) is 0 Å². The van der Waals surface area contributed by atoms with Gasteiger partial charge in [0.25, 0.3) is 0 Å². The lowest BCUT2D eigenvalue weighted by Crippen LogP contribution is -2.13. The normalized spacial score (nSPS) is 11.6. The van der Waals surface area contributed by atoms with Gasteiger partial charge in [-0.25, -0.2) is 4.39 Å². The molecular formula is C13H7Cl4F. The van der Waals surface area contributed by atoms with Crippen LogP contribution in [0, 0.1) is 5.82 Å². The summed E-state index contributed by atoms with van der Waals surface area (Å²) in [6.07, 6.45) is 0. The first-order chi connectivity index (χ1) is 8.41. The molecule has 0 aliphatic rings. The lowest BCUT2D eigenvalue weighted by atomic mass is 10.0. The van der Waals surface area contributed by atoms with E-state index in [4.69, 9.17) is 46.4 Å². The van der Waals surface area contributed by atoms with Crippen LogP contribution < -0.4 is 0 Å². The number of rotatable bonds is 2. The molecule has 0 atom stereocenters. The van der Waals surface area contributed by atoms with Gasteiger partial charge in [0, 0.05) is 15.6 Å². The molecule has 0 aliphatic carbocycles. The fraction of sp³-hybridized carbons (Fsp3) is 0.0769. The molecule has 0 amide bonds. The van der Waals surface area contributed by atoms with Gasteiger partial charge in [0.2, 0.25) is 0 Å². The van der Waals surface area contributed by atoms with Crippen LogP contribution in [0.1, 0.15) is 11.1 Å². The van der Waals surface area contributed by atoms with Gasteiger partial charge < -0.3 is 0 Å². The van der Waals surface area contributed by atoms with Crippen LogP contribution >= 0.6 is 46.4 Å². The number of hydrogen-bond acceptors (Lipinski definition) is 0. The molecule has 0 radical (unpaired) electrons. The van der Waals surface area contributed by atoms with Crippen LogP contribution in [0.2, 0.25) is 10.0 Å². The van der Waals surface area contributed by atoms with Crippen molar-refractivity contribution in [1.29, 1.82) is 0 Å². The minimum absolute atomic E-state index is 0.369. The first-order valence-electron chi connectivity index (χ1n) is 5.00. The first kappa shape index (κ1) is 14.0. The second-order valence-electron chi connectivity index (χ2n) is 3.71. The van der Waals surface area contributed by atoms with Gasteiger partial charge in [0.1, 0.15) is 5.82 Å². The quantitative estimate of drug-likeness (QED) is 0.612. The summed E-state index contributed by atoms with van der Waals surface area (Å²) in [6, 6.07) is 10.5. The number of hydrogen-bond donors (Lipinski definition) is 0. The lowest BCUT2D eigenvalue weighted by Gasteiger charge is -2.22. The second kappa shape index (κ2) is 5.26. The highest BCUT2D eigenvalue weighted by molar-refractivity contribution is 6.51. The maximum atomic E-state index is 13.2. The molecule has 0 heterocycles. The van der Waals surface area contributed by atoms with Crippen molar-refractivity contribution in [2.45, 2.75) is 4.33 Å². The third-order valence-corrected chi connectivity index (χ3v) is 3.86. The highest BCUT2D eigenvalue weighted by Crippen LogP contribution is 2.44. The Hall–Kier alpha value is -0.470. The third-order valence-electron chi connectivity index (χ3n) is 2.45. The topological polar surface area (TPSA) is 0 Å². The monoisotopic (exact) mass is 322 g/mol. The number of benzene rings is 2. The van der Waals surface area contributed by atoms with Crippen molar-refractivity contribution in [3.8, 4) is 0 Å². The van der Waals surface area contributed by atoms with Gasteiger partial charge in [-0.15, -0.1) is 0 Å². The van der Waals surface area contributed by atoms with Gasteiger partial charge in [-0.05, 0) is 35.9 Å². The van der Waals surface area contributed by atoms with Gasteiger partial charge in [0.05, 0.1) is 0 Å². The van der Waals surface area contributed by atoms with Crippen LogP contribution in [0.25, 0.3) is 0 Å². The minimum atomic E-state index is -1.45. The minimum Gasteiger partial charge on any atom is -0.207 e. The fourth-order valence-corrected chi connectivity index (χ4v) is 2.65. The average molecular weight is 324 g/mol. The Morgan fingerprint density at radius 3 is 2.33 bits per heavy atom. The van der Waals surface area contributed by atoms with Gasteiger partial charge in [-0.2, -0.15) is 0 Å². The zero-order chi connectivity index (χ0) is 13.3. The summed E-state index contributed by atoms with van der Waals surface area (Å²) in [5, 5.41) is 0.824. The molecule has 0 bridgehead atoms. The summed E-state index contributed by atoms with van der Waals surface area (Å²) in [5.41, 5.74) is 0.820. The fourth-order valence-electron chi connectivity index (χ4n) is 1.58. The molecule has 0 saturated heterocycles. The maximum Gasteiger partial charge on any atom is 0.169 e. The van der Waals surface area contributed by atoms with Crippen LogP contribution in [0.4, 0.5) is 4.39 Å². The van der Waals surface area contributed by atoms with E-state index in [2.05, 4.69) is 0 Å². The van der Waals surface area contributed by atoms with Crippen LogP contribution in [0.15, 0.2) is 42.5 Å². The Morgan fingerprint density at radius 2 is 1.67 bits per heavy atom. The predicted octanol–water partition coefficient (Wildman–Crippen LogP) is 5.81. The van der Waals surface area contributed by atoms with Crippen LogP contribution in [-0.4, -0.2) is 0 Å². The summed E-state index contributed by atoms with van der Waals surface area (Å²) < 4.78 is 11.8. The highest BCUT2D eigenvalue weighted by Gasteiger charge is 2.31. The molecule has 2 rings (SSSR count). The van der Waals surface area contributed by atoms with Gasteiger partial charge in [0.15, 0.2) is 4.33 Å². The van der Waals surface area contributed by atoms with Crippen molar-refractivity contribution in [3.63, 3.8) is 0 Å². The summed E-state index contributed by atoms with van der Waals surface area (Å²) >= 11 is 24.5. The summed E-state index contributed by atoms with van der Waals surface area (Å²) in [5.74, 6) is -0.420. The summed E-state index contributed by atoms with van der Waals surface area (Å²) in [4.78, 5) is 0. The van der Waals surface area contributed by atoms with E-state index in [9.17, 15) is 4.39 Å². The Bertz CT molecular complexity index is 581. The van der Waals surface area contributed by atoms with Crippen molar-refractivity contribution in [2.75, 3.05) is 0 Å². The SMILES string of the molecule is Fc1cccc(C(Cl)(Cl)c2cc(Cl)ccc2Cl)c1. The highest BCUT2D eigenvalue weighted by atomic mass is 35.5. The average Bonchev–Trinajstić information content (AvgIpc) is 2.32. The van der Waals surface area contributed by atoms with E-state index in [0.717, 1.165) is 0 Å². The molecule has 0 aromatic heterocycles. The van der Waals surface area contributed by atoms with Crippen molar-refractivity contribution in [1.82, 2.24) is 0 Å². The molecule has 94 valence electrons. The van der Waals surface area contributed by atoms with Crippen molar-refractivity contribution in [2.24, 2.45) is 0 Å². The van der Waals surface area contributed by atoms with Crippen LogP contribution in [0.3, 0.4) is 0 Å². The molecule has 0 saturated carbocycles. The zero-order valence-electron chi connectivity index (χ0n) is 8.93. The van der Waals surface area contributed by atoms with Gasteiger partial charge in [-0.1, -0.05) is 58.5 Å². The van der Waals surface area contributed by atoms with Crippen molar-refractivity contribution < 1.29 is 4.39 Å². The summed E-state index contributed by atoms with van der Waals surface area (Å²) in [7, 11) is 0. The molecule has 0 spiro atoms. The van der Waals surface area contributed by atoms with E-state index >= 15 is 0 Å². The molecule has 0 N–H and O–H groups in total. The molecular weight excluding hydrogens is 317 g/mol. The Balaban J connectivity index is 2.57. The van der Waals surface area contributed by atoms with E-state index < -0.39 is 10.2 Å². The molecule has 0 aliphatic heterocycles. The largest absolute Gasteiger partial charge is 0.207 e. The zero-order valence-corrected chi connectivity index (χ0v) is 12.0. The number of alkyl halides is 2.